The van der Waals surface area contributed by atoms with E-state index in [2.05, 4.69) is 23.8 Å². The molecule has 1 unspecified atom stereocenters. The number of amides is 1. The van der Waals surface area contributed by atoms with E-state index < -0.39 is 94.9 Å². The van der Waals surface area contributed by atoms with Gasteiger partial charge in [-0.25, -0.2) is 19.6 Å². The number of imidazole rings is 1. The molecule has 5 heterocycles. The highest BCUT2D eigenvalue weighted by molar-refractivity contribution is 6.00. The summed E-state index contributed by atoms with van der Waals surface area (Å²) in [5, 5.41) is 0. The zero-order chi connectivity index (χ0) is 49.2. The lowest BCUT2D eigenvalue weighted by atomic mass is 9.72. The molecule has 0 N–H and O–H groups in total. The molecule has 67 heavy (non-hydrogen) atoms. The van der Waals surface area contributed by atoms with Gasteiger partial charge >= 0.3 is 18.0 Å². The minimum absolute atomic E-state index is 0.0839. The molecule has 0 aliphatic carbocycles. The highest BCUT2D eigenvalue weighted by atomic mass is 16.7. The Morgan fingerprint density at radius 1 is 0.955 bits per heavy atom. The second-order valence-corrected chi connectivity index (χ2v) is 20.1. The van der Waals surface area contributed by atoms with Gasteiger partial charge in [0.2, 0.25) is 0 Å². The summed E-state index contributed by atoms with van der Waals surface area (Å²) in [4.78, 5) is 84.9. The second-order valence-electron chi connectivity index (χ2n) is 20.1. The van der Waals surface area contributed by atoms with Crippen molar-refractivity contribution in [1.29, 1.82) is 0 Å². The van der Waals surface area contributed by atoms with Crippen LogP contribution in [0.5, 0.6) is 0 Å². The molecule has 16 nitrogen and oxygen atoms in total. The number of ether oxygens (including phenoxy) is 6. The van der Waals surface area contributed by atoms with E-state index in [-0.39, 0.29) is 43.7 Å². The number of nitrogens with zero attached hydrogens (tertiary/aromatic N) is 5. The Morgan fingerprint density at radius 2 is 1.66 bits per heavy atom. The fourth-order valence-corrected chi connectivity index (χ4v) is 11.0. The third-order valence-corrected chi connectivity index (χ3v) is 14.9. The molecular formula is C51H73N5O11. The fraction of sp³-hybridized carbons (Fsp3) is 0.667. The van der Waals surface area contributed by atoms with Crippen LogP contribution >= 0.6 is 0 Å². The highest BCUT2D eigenvalue weighted by Crippen LogP contribution is 2.45. The van der Waals surface area contributed by atoms with Gasteiger partial charge in [0, 0.05) is 43.1 Å². The van der Waals surface area contributed by atoms with Gasteiger partial charge in [-0.3, -0.25) is 14.4 Å². The number of hydrogen-bond acceptors (Lipinski definition) is 14. The maximum absolute atomic E-state index is 15.1. The number of likely N-dealkylation sites (N-methyl/N-ethyl adjacent to an activating group) is 1. The van der Waals surface area contributed by atoms with Crippen LogP contribution in [0.3, 0.4) is 0 Å². The number of pyridine rings is 1. The minimum Gasteiger partial charge on any atom is -0.457 e. The Labute approximate surface area is 395 Å². The van der Waals surface area contributed by atoms with Crippen LogP contribution in [-0.4, -0.2) is 136 Å². The minimum atomic E-state index is -1.41. The van der Waals surface area contributed by atoms with Gasteiger partial charge < -0.3 is 42.8 Å². The standard InChI is InChI=1S/C51H73N5O11/c1-14-38-51(15-2)42(55(48(61)67-51)26-20-24-49(8,9)56-29-53-36-23-19-25-52-44(36)56)32(5)39(57)30(3)28-50(10,62-13)43(33(6)40(58)34(7)45(59)64-38)66-47-41(37(54(11)12)27-31(4)63-47)65-46(60)35-21-17-16-18-22-35/h16-19,21-23,25,29-34,37-38,41-43,47H,14-15,20,24,26-28H2,1-13H3/t30-,31-,32+,33+,34-,37+,38-,41-,42-,43-,47?,50+,51-/m1/s1. The smallest absolute Gasteiger partial charge is 0.410 e. The molecular weight excluding hydrogens is 859 g/mol. The van der Waals surface area contributed by atoms with Crippen molar-refractivity contribution in [1.82, 2.24) is 24.3 Å². The van der Waals surface area contributed by atoms with Crippen molar-refractivity contribution in [2.24, 2.45) is 23.7 Å². The molecule has 1 aromatic carbocycles. The Morgan fingerprint density at radius 3 is 2.30 bits per heavy atom. The van der Waals surface area contributed by atoms with Gasteiger partial charge in [-0.15, -0.1) is 0 Å². The fourth-order valence-electron chi connectivity index (χ4n) is 11.0. The number of carbonyl (C=O) groups is 5. The van der Waals surface area contributed by atoms with E-state index in [1.54, 1.807) is 55.5 Å². The summed E-state index contributed by atoms with van der Waals surface area (Å²) < 4.78 is 40.7. The van der Waals surface area contributed by atoms with Gasteiger partial charge in [0.05, 0.1) is 41.8 Å². The predicted octanol–water partition coefficient (Wildman–Crippen LogP) is 7.41. The molecule has 3 aromatic rings. The van der Waals surface area contributed by atoms with Crippen molar-refractivity contribution in [3.63, 3.8) is 0 Å². The molecule has 0 saturated carbocycles. The zero-order valence-electron chi connectivity index (χ0n) is 41.7. The number of rotatable bonds is 13. The lowest BCUT2D eigenvalue weighted by Gasteiger charge is -2.48. The first-order valence-electron chi connectivity index (χ1n) is 24.0. The third-order valence-electron chi connectivity index (χ3n) is 14.9. The Hall–Kier alpha value is -4.77. The molecule has 3 fully saturated rings. The largest absolute Gasteiger partial charge is 0.457 e. The summed E-state index contributed by atoms with van der Waals surface area (Å²) in [5.41, 5.74) is -1.30. The van der Waals surface area contributed by atoms with E-state index in [1.165, 1.54) is 14.0 Å². The van der Waals surface area contributed by atoms with E-state index in [0.717, 1.165) is 11.2 Å². The molecule has 3 aliphatic rings. The van der Waals surface area contributed by atoms with Crippen LogP contribution in [0.2, 0.25) is 0 Å². The normalized spacial score (nSPS) is 33.6. The second kappa shape index (κ2) is 20.8. The number of cyclic esters (lactones) is 1. The van der Waals surface area contributed by atoms with Crippen LogP contribution in [0.25, 0.3) is 11.2 Å². The topological polar surface area (TPSA) is 178 Å². The Balaban J connectivity index is 1.35. The summed E-state index contributed by atoms with van der Waals surface area (Å²) in [5.74, 6) is -5.81. The first kappa shape index (κ1) is 51.6. The monoisotopic (exact) mass is 932 g/mol. The van der Waals surface area contributed by atoms with Crippen LogP contribution in [0.15, 0.2) is 55.0 Å². The summed E-state index contributed by atoms with van der Waals surface area (Å²) in [6, 6.07) is 11.2. The average molecular weight is 932 g/mol. The number of carbonyl (C=O) groups excluding carboxylic acids is 5. The van der Waals surface area contributed by atoms with E-state index >= 15 is 4.79 Å². The van der Waals surface area contributed by atoms with Gasteiger partial charge in [0.25, 0.3) is 0 Å². The van der Waals surface area contributed by atoms with E-state index in [0.29, 0.717) is 24.8 Å². The lowest BCUT2D eigenvalue weighted by molar-refractivity contribution is -0.294. The molecule has 3 saturated heterocycles. The number of Topliss-reactive ketones (excluding diaryl/α,β-unsaturated/α-hetero) is 2. The van der Waals surface area contributed by atoms with Gasteiger partial charge in [-0.1, -0.05) is 52.8 Å². The number of benzene rings is 1. The molecule has 0 bridgehead atoms. The van der Waals surface area contributed by atoms with Crippen LogP contribution in [0.4, 0.5) is 4.79 Å². The average Bonchev–Trinajstić information content (AvgIpc) is 3.88. The third kappa shape index (κ3) is 10.3. The summed E-state index contributed by atoms with van der Waals surface area (Å²) in [6.07, 6.45) is 0.608. The van der Waals surface area contributed by atoms with Crippen LogP contribution in [-0.2, 0) is 48.3 Å². The van der Waals surface area contributed by atoms with E-state index in [9.17, 15) is 19.2 Å². The van der Waals surface area contributed by atoms with Crippen molar-refractivity contribution < 1.29 is 52.4 Å². The first-order chi connectivity index (χ1) is 31.6. The molecule has 368 valence electrons. The summed E-state index contributed by atoms with van der Waals surface area (Å²) >= 11 is 0. The van der Waals surface area contributed by atoms with Crippen LogP contribution in [0.1, 0.15) is 118 Å². The van der Waals surface area contributed by atoms with E-state index in [4.69, 9.17) is 28.4 Å². The van der Waals surface area contributed by atoms with Gasteiger partial charge in [-0.05, 0) is 112 Å². The number of hydrogen-bond donors (Lipinski definition) is 0. The van der Waals surface area contributed by atoms with E-state index in [1.807, 2.05) is 76.4 Å². The summed E-state index contributed by atoms with van der Waals surface area (Å²) in [6.45, 7) is 18.6. The van der Waals surface area contributed by atoms with Crippen molar-refractivity contribution in [2.45, 2.75) is 167 Å². The molecule has 1 amide bonds. The quantitative estimate of drug-likeness (QED) is 0.0941. The predicted molar refractivity (Wildman–Crippen MR) is 250 cm³/mol. The lowest BCUT2D eigenvalue weighted by Crippen LogP contribution is -2.61. The number of esters is 2. The number of ketones is 2. The van der Waals surface area contributed by atoms with Gasteiger partial charge in [0.1, 0.15) is 23.3 Å². The number of aromatic nitrogens is 3. The SMILES string of the molecule is CC[C@H]1OC(=O)[C@H](C)C(=O)[C@H](C)[C@@H](OC2O[C@H](C)C[C@H](N(C)C)[C@H]2OC(=O)c2ccccc2)[C@@](C)(OC)C[C@@H](C)C(=O)[C@H](C)[C@H]2N(CCCC(C)(C)n3cnc4cccnc43)C(=O)O[C@]12CC. The van der Waals surface area contributed by atoms with Crippen LogP contribution in [0, 0.1) is 23.7 Å². The highest BCUT2D eigenvalue weighted by Gasteiger charge is 2.62. The van der Waals surface area contributed by atoms with Crippen molar-refractivity contribution in [3.8, 4) is 0 Å². The molecule has 0 spiro atoms. The number of methoxy groups -OCH3 is 1. The maximum Gasteiger partial charge on any atom is 0.410 e. The Bertz CT molecular complexity index is 2230. The summed E-state index contributed by atoms with van der Waals surface area (Å²) in [7, 11) is 5.28. The molecule has 3 aliphatic heterocycles. The maximum atomic E-state index is 15.1. The van der Waals surface area contributed by atoms with Crippen molar-refractivity contribution in [2.75, 3.05) is 27.7 Å². The molecule has 16 heteroatoms. The molecule has 2 aromatic heterocycles. The molecule has 0 radical (unpaired) electrons. The number of fused-ring (bicyclic) bond motifs is 2. The zero-order valence-corrected chi connectivity index (χ0v) is 41.7. The van der Waals surface area contributed by atoms with Gasteiger partial charge in [0.15, 0.2) is 29.4 Å². The van der Waals surface area contributed by atoms with Gasteiger partial charge in [-0.2, -0.15) is 0 Å². The molecule has 6 rings (SSSR count). The van der Waals surface area contributed by atoms with Crippen molar-refractivity contribution in [3.05, 3.63) is 60.6 Å². The van der Waals surface area contributed by atoms with Crippen molar-refractivity contribution >= 4 is 40.8 Å². The first-order valence-corrected chi connectivity index (χ1v) is 24.0. The molecule has 13 atom stereocenters. The Kier molecular flexibility index (Phi) is 16.1. The van der Waals surface area contributed by atoms with Crippen LogP contribution < -0.4 is 0 Å².